The Labute approximate surface area is 118 Å². The van der Waals surface area contributed by atoms with Crippen LogP contribution < -0.4 is 5.73 Å². The molecule has 3 heteroatoms. The molecule has 3 rings (SSSR count). The molecule has 100 valence electrons. The summed E-state index contributed by atoms with van der Waals surface area (Å²) in [4.78, 5) is 0. The smallest absolute Gasteiger partial charge is 0.0645 e. The van der Waals surface area contributed by atoms with Gasteiger partial charge in [-0.15, -0.1) is 0 Å². The van der Waals surface area contributed by atoms with Crippen molar-refractivity contribution >= 4 is 0 Å². The highest BCUT2D eigenvalue weighted by Crippen LogP contribution is 2.20. The van der Waals surface area contributed by atoms with Gasteiger partial charge in [-0.25, -0.2) is 4.68 Å². The molecule has 1 aromatic heterocycles. The molecule has 3 nitrogen and oxygen atoms in total. The summed E-state index contributed by atoms with van der Waals surface area (Å²) in [6.07, 6.45) is 3.82. The van der Waals surface area contributed by atoms with Crippen LogP contribution in [0, 0.1) is 6.92 Å². The van der Waals surface area contributed by atoms with Gasteiger partial charge in [-0.05, 0) is 24.6 Å². The molecule has 1 unspecified atom stereocenters. The maximum atomic E-state index is 6.30. The van der Waals surface area contributed by atoms with Crippen molar-refractivity contribution in [2.75, 3.05) is 0 Å². The molecule has 0 aliphatic rings. The predicted octanol–water partition coefficient (Wildman–Crippen LogP) is 3.23. The lowest BCUT2D eigenvalue weighted by atomic mass is 10.0. The van der Waals surface area contributed by atoms with Crippen molar-refractivity contribution in [3.05, 3.63) is 83.7 Å². The van der Waals surface area contributed by atoms with Gasteiger partial charge in [0.25, 0.3) is 0 Å². The number of para-hydroxylation sites is 1. The molecule has 1 heterocycles. The molecule has 0 aliphatic heterocycles. The van der Waals surface area contributed by atoms with E-state index >= 15 is 0 Å². The summed E-state index contributed by atoms with van der Waals surface area (Å²) < 4.78 is 1.85. The number of benzene rings is 2. The Balaban J connectivity index is 1.88. The Morgan fingerprint density at radius 1 is 0.950 bits per heavy atom. The van der Waals surface area contributed by atoms with E-state index in [0.717, 1.165) is 16.8 Å². The third kappa shape index (κ3) is 2.49. The second-order valence-corrected chi connectivity index (χ2v) is 4.94. The van der Waals surface area contributed by atoms with Gasteiger partial charge in [0.05, 0.1) is 17.9 Å². The molecule has 0 aliphatic carbocycles. The van der Waals surface area contributed by atoms with Gasteiger partial charge in [-0.3, -0.25) is 0 Å². The van der Waals surface area contributed by atoms with Crippen LogP contribution in [0.1, 0.15) is 22.7 Å². The second-order valence-electron chi connectivity index (χ2n) is 4.94. The molecule has 0 bridgehead atoms. The molecule has 20 heavy (non-hydrogen) atoms. The van der Waals surface area contributed by atoms with Gasteiger partial charge < -0.3 is 5.73 Å². The Morgan fingerprint density at radius 3 is 2.35 bits per heavy atom. The van der Waals surface area contributed by atoms with Crippen LogP contribution in [0.4, 0.5) is 0 Å². The van der Waals surface area contributed by atoms with Crippen molar-refractivity contribution in [2.45, 2.75) is 13.0 Å². The predicted molar refractivity (Wildman–Crippen MR) is 80.8 cm³/mol. The maximum absolute atomic E-state index is 6.30. The maximum Gasteiger partial charge on any atom is 0.0645 e. The minimum Gasteiger partial charge on any atom is -0.320 e. The SMILES string of the molecule is Cc1ccc(C(N)c2cnn(-c3ccccc3)c2)cc1. The number of hydrogen-bond donors (Lipinski definition) is 1. The lowest BCUT2D eigenvalue weighted by molar-refractivity contribution is 0.861. The molecule has 0 saturated carbocycles. The Hall–Kier alpha value is -2.39. The van der Waals surface area contributed by atoms with E-state index in [-0.39, 0.29) is 6.04 Å². The summed E-state index contributed by atoms with van der Waals surface area (Å²) >= 11 is 0. The number of aryl methyl sites for hydroxylation is 1. The quantitative estimate of drug-likeness (QED) is 0.788. The third-order valence-corrected chi connectivity index (χ3v) is 3.42. The van der Waals surface area contributed by atoms with E-state index in [1.54, 1.807) is 0 Å². The van der Waals surface area contributed by atoms with Crippen molar-refractivity contribution in [2.24, 2.45) is 5.73 Å². The van der Waals surface area contributed by atoms with Crippen LogP contribution in [-0.4, -0.2) is 9.78 Å². The Bertz CT molecular complexity index is 684. The van der Waals surface area contributed by atoms with E-state index in [1.807, 2.05) is 47.4 Å². The average molecular weight is 263 g/mol. The molecular formula is C17H17N3. The van der Waals surface area contributed by atoms with Gasteiger partial charge in [0.1, 0.15) is 0 Å². The first-order chi connectivity index (χ1) is 9.74. The van der Waals surface area contributed by atoms with Gasteiger partial charge in [0.15, 0.2) is 0 Å². The third-order valence-electron chi connectivity index (χ3n) is 3.42. The molecule has 2 N–H and O–H groups in total. The highest BCUT2D eigenvalue weighted by Gasteiger charge is 2.11. The van der Waals surface area contributed by atoms with Crippen LogP contribution in [0.15, 0.2) is 67.0 Å². The molecule has 0 fully saturated rings. The van der Waals surface area contributed by atoms with E-state index in [1.165, 1.54) is 5.56 Å². The van der Waals surface area contributed by atoms with Gasteiger partial charge >= 0.3 is 0 Å². The molecule has 1 atom stereocenters. The minimum atomic E-state index is -0.145. The molecular weight excluding hydrogens is 246 g/mol. The van der Waals surface area contributed by atoms with Crippen molar-refractivity contribution in [3.63, 3.8) is 0 Å². The van der Waals surface area contributed by atoms with Gasteiger partial charge in [0, 0.05) is 11.8 Å². The van der Waals surface area contributed by atoms with Crippen molar-refractivity contribution in [3.8, 4) is 5.69 Å². The van der Waals surface area contributed by atoms with E-state index in [9.17, 15) is 0 Å². The number of nitrogens with zero attached hydrogens (tertiary/aromatic N) is 2. The van der Waals surface area contributed by atoms with Crippen LogP contribution in [0.3, 0.4) is 0 Å². The molecule has 0 radical (unpaired) electrons. The first-order valence-corrected chi connectivity index (χ1v) is 6.66. The van der Waals surface area contributed by atoms with Crippen LogP contribution >= 0.6 is 0 Å². The zero-order valence-corrected chi connectivity index (χ0v) is 11.4. The normalized spacial score (nSPS) is 12.3. The Morgan fingerprint density at radius 2 is 1.65 bits per heavy atom. The molecule has 0 saturated heterocycles. The van der Waals surface area contributed by atoms with Gasteiger partial charge in [-0.1, -0.05) is 48.0 Å². The second kappa shape index (κ2) is 5.31. The first-order valence-electron chi connectivity index (χ1n) is 6.66. The lowest BCUT2D eigenvalue weighted by Gasteiger charge is -2.10. The minimum absolute atomic E-state index is 0.145. The number of nitrogens with two attached hydrogens (primary N) is 1. The molecule has 3 aromatic rings. The number of hydrogen-bond acceptors (Lipinski definition) is 2. The summed E-state index contributed by atoms with van der Waals surface area (Å²) in [5.74, 6) is 0. The standard InChI is InChI=1S/C17H17N3/c1-13-7-9-14(10-8-13)17(18)15-11-19-20(12-15)16-5-3-2-4-6-16/h2-12,17H,18H2,1H3. The zero-order chi connectivity index (χ0) is 13.9. The zero-order valence-electron chi connectivity index (χ0n) is 11.4. The summed E-state index contributed by atoms with van der Waals surface area (Å²) in [5.41, 5.74) is 10.7. The average Bonchev–Trinajstić information content (AvgIpc) is 2.98. The summed E-state index contributed by atoms with van der Waals surface area (Å²) in [7, 11) is 0. The summed E-state index contributed by atoms with van der Waals surface area (Å²) in [5, 5.41) is 4.39. The highest BCUT2D eigenvalue weighted by molar-refractivity contribution is 5.34. The van der Waals surface area contributed by atoms with Crippen LogP contribution in [0.2, 0.25) is 0 Å². The van der Waals surface area contributed by atoms with Crippen LogP contribution in [-0.2, 0) is 0 Å². The lowest BCUT2D eigenvalue weighted by Crippen LogP contribution is -2.10. The number of aromatic nitrogens is 2. The van der Waals surface area contributed by atoms with E-state index in [2.05, 4.69) is 36.3 Å². The van der Waals surface area contributed by atoms with Crippen molar-refractivity contribution in [1.29, 1.82) is 0 Å². The first kappa shape index (κ1) is 12.6. The monoisotopic (exact) mass is 263 g/mol. The van der Waals surface area contributed by atoms with Gasteiger partial charge in [0.2, 0.25) is 0 Å². The molecule has 0 spiro atoms. The van der Waals surface area contributed by atoms with Crippen molar-refractivity contribution in [1.82, 2.24) is 9.78 Å². The number of rotatable bonds is 3. The fourth-order valence-corrected chi connectivity index (χ4v) is 2.19. The topological polar surface area (TPSA) is 43.8 Å². The highest BCUT2D eigenvalue weighted by atomic mass is 15.3. The summed E-state index contributed by atoms with van der Waals surface area (Å²) in [6.45, 7) is 2.07. The van der Waals surface area contributed by atoms with E-state index in [0.29, 0.717) is 0 Å². The fraction of sp³-hybridized carbons (Fsp3) is 0.118. The summed E-state index contributed by atoms with van der Waals surface area (Å²) in [6, 6.07) is 18.2. The van der Waals surface area contributed by atoms with Crippen LogP contribution in [0.5, 0.6) is 0 Å². The van der Waals surface area contributed by atoms with E-state index < -0.39 is 0 Å². The van der Waals surface area contributed by atoms with Gasteiger partial charge in [-0.2, -0.15) is 5.10 Å². The van der Waals surface area contributed by atoms with Crippen molar-refractivity contribution < 1.29 is 0 Å². The molecule has 0 amide bonds. The van der Waals surface area contributed by atoms with Crippen LogP contribution in [0.25, 0.3) is 5.69 Å². The molecule has 2 aromatic carbocycles. The largest absolute Gasteiger partial charge is 0.320 e. The Kier molecular flexibility index (Phi) is 3.35. The van der Waals surface area contributed by atoms with E-state index in [4.69, 9.17) is 5.73 Å². The fourth-order valence-electron chi connectivity index (χ4n) is 2.19.